The van der Waals surface area contributed by atoms with Crippen LogP contribution in [0.1, 0.15) is 0 Å². The van der Waals surface area contributed by atoms with Crippen LogP contribution in [0.4, 0.5) is 0 Å². The summed E-state index contributed by atoms with van der Waals surface area (Å²) in [7, 11) is 12.4. The largest absolute Gasteiger partial charge is 0.347 e. The zero-order valence-electron chi connectivity index (χ0n) is 13.7. The van der Waals surface area contributed by atoms with Crippen LogP contribution in [0.25, 0.3) is 0 Å². The molecule has 0 heterocycles. The second kappa shape index (κ2) is 8.01. The van der Waals surface area contributed by atoms with Crippen molar-refractivity contribution in [3.8, 4) is 0 Å². The number of carbonyl (C=O) groups is 2. The van der Waals surface area contributed by atoms with E-state index in [0.717, 1.165) is 22.1 Å². The molecule has 0 aliphatic rings. The standard InChI is InChI=1S/C14H28N4O2/c1-17(2,3)11-9-15-13(19)7-8-14(20)16-10-12-18(4,5)6/h7-8H,9-12H2,1-6H3/p+2/b8-7+. The maximum absolute atomic E-state index is 11.5. The van der Waals surface area contributed by atoms with Gasteiger partial charge in [0.05, 0.1) is 68.5 Å². The first-order chi connectivity index (χ1) is 8.99. The molecule has 20 heavy (non-hydrogen) atoms. The van der Waals surface area contributed by atoms with Gasteiger partial charge >= 0.3 is 0 Å². The molecule has 6 heteroatoms. The SMILES string of the molecule is C[N+](C)(C)CCNC(=O)/C=C/C(=O)NCC[N+](C)(C)C. The number of carbonyl (C=O) groups excluding carboxylic acids is 2. The summed E-state index contributed by atoms with van der Waals surface area (Å²) in [6.07, 6.45) is 2.55. The number of amides is 2. The highest BCUT2D eigenvalue weighted by Gasteiger charge is 2.08. The highest BCUT2D eigenvalue weighted by Crippen LogP contribution is 1.88. The Bertz CT molecular complexity index is 317. The fourth-order valence-electron chi connectivity index (χ4n) is 1.30. The quantitative estimate of drug-likeness (QED) is 0.453. The summed E-state index contributed by atoms with van der Waals surface area (Å²) in [4.78, 5) is 23.0. The van der Waals surface area contributed by atoms with E-state index in [1.54, 1.807) is 0 Å². The highest BCUT2D eigenvalue weighted by atomic mass is 16.2. The van der Waals surface area contributed by atoms with Gasteiger partial charge in [0, 0.05) is 12.2 Å². The molecule has 0 saturated carbocycles. The maximum atomic E-state index is 11.5. The van der Waals surface area contributed by atoms with Crippen LogP contribution in [0, 0.1) is 0 Å². The number of hydrogen-bond acceptors (Lipinski definition) is 2. The lowest BCUT2D eigenvalue weighted by Gasteiger charge is -2.23. The fraction of sp³-hybridized carbons (Fsp3) is 0.714. The molecule has 0 saturated heterocycles. The van der Waals surface area contributed by atoms with Crippen LogP contribution in [0.3, 0.4) is 0 Å². The predicted molar refractivity (Wildman–Crippen MR) is 81.0 cm³/mol. The minimum Gasteiger partial charge on any atom is -0.347 e. The Morgan fingerprint density at radius 3 is 1.30 bits per heavy atom. The van der Waals surface area contributed by atoms with Gasteiger partial charge in [0.2, 0.25) is 11.8 Å². The number of rotatable bonds is 8. The molecule has 0 spiro atoms. The third-order valence-corrected chi connectivity index (χ3v) is 2.55. The summed E-state index contributed by atoms with van der Waals surface area (Å²) in [6.45, 7) is 2.87. The van der Waals surface area contributed by atoms with Gasteiger partial charge in [-0.3, -0.25) is 9.59 Å². The number of likely N-dealkylation sites (N-methyl/N-ethyl adjacent to an activating group) is 2. The average molecular weight is 286 g/mol. The highest BCUT2D eigenvalue weighted by molar-refractivity contribution is 5.96. The van der Waals surface area contributed by atoms with Crippen LogP contribution >= 0.6 is 0 Å². The molecule has 0 atom stereocenters. The Labute approximate surface area is 122 Å². The monoisotopic (exact) mass is 286 g/mol. The molecule has 116 valence electrons. The summed E-state index contributed by atoms with van der Waals surface area (Å²) in [5.41, 5.74) is 0. The van der Waals surface area contributed by atoms with Gasteiger partial charge in [-0.1, -0.05) is 0 Å². The Kier molecular flexibility index (Phi) is 7.45. The van der Waals surface area contributed by atoms with E-state index < -0.39 is 0 Å². The van der Waals surface area contributed by atoms with Crippen molar-refractivity contribution in [3.05, 3.63) is 12.2 Å². The van der Waals surface area contributed by atoms with E-state index in [4.69, 9.17) is 0 Å². The molecular formula is C14H30N4O2+2. The van der Waals surface area contributed by atoms with Gasteiger partial charge < -0.3 is 19.6 Å². The average Bonchev–Trinajstić information content (AvgIpc) is 2.22. The molecule has 0 aromatic heterocycles. The lowest BCUT2D eigenvalue weighted by atomic mass is 10.4. The van der Waals surface area contributed by atoms with E-state index in [0.29, 0.717) is 13.1 Å². The van der Waals surface area contributed by atoms with Crippen LogP contribution in [-0.4, -0.2) is 89.2 Å². The molecule has 0 bridgehead atoms. The van der Waals surface area contributed by atoms with E-state index >= 15 is 0 Å². The van der Waals surface area contributed by atoms with Crippen LogP contribution in [0.5, 0.6) is 0 Å². The molecule has 0 rings (SSSR count). The topological polar surface area (TPSA) is 58.2 Å². The molecular weight excluding hydrogens is 256 g/mol. The van der Waals surface area contributed by atoms with Crippen molar-refractivity contribution in [1.82, 2.24) is 10.6 Å². The summed E-state index contributed by atoms with van der Waals surface area (Å²) in [5.74, 6) is -0.472. The fourth-order valence-corrected chi connectivity index (χ4v) is 1.30. The second-order valence-corrected chi connectivity index (χ2v) is 6.94. The summed E-state index contributed by atoms with van der Waals surface area (Å²) in [5, 5.41) is 5.50. The van der Waals surface area contributed by atoms with Gasteiger partial charge in [0.25, 0.3) is 0 Å². The minimum atomic E-state index is -0.236. The Morgan fingerprint density at radius 2 is 1.05 bits per heavy atom. The molecule has 0 aromatic carbocycles. The van der Waals surface area contributed by atoms with Crippen molar-refractivity contribution < 1.29 is 18.6 Å². The smallest absolute Gasteiger partial charge is 0.244 e. The molecule has 2 amide bonds. The predicted octanol–water partition coefficient (Wildman–Crippen LogP) is -0.813. The molecule has 0 fully saturated rings. The van der Waals surface area contributed by atoms with Crippen molar-refractivity contribution >= 4 is 11.8 Å². The lowest BCUT2D eigenvalue weighted by Crippen LogP contribution is -2.42. The molecule has 0 aliphatic heterocycles. The van der Waals surface area contributed by atoms with E-state index in [2.05, 4.69) is 52.9 Å². The van der Waals surface area contributed by atoms with Crippen molar-refractivity contribution in [2.24, 2.45) is 0 Å². The van der Waals surface area contributed by atoms with Crippen LogP contribution in [-0.2, 0) is 9.59 Å². The van der Waals surface area contributed by atoms with E-state index in [1.807, 2.05) is 0 Å². The van der Waals surface area contributed by atoms with E-state index in [1.165, 1.54) is 12.2 Å². The van der Waals surface area contributed by atoms with Crippen molar-refractivity contribution in [2.45, 2.75) is 0 Å². The van der Waals surface area contributed by atoms with Gasteiger partial charge in [0.15, 0.2) is 0 Å². The van der Waals surface area contributed by atoms with E-state index in [9.17, 15) is 9.59 Å². The molecule has 0 aliphatic carbocycles. The summed E-state index contributed by atoms with van der Waals surface area (Å²) in [6, 6.07) is 0. The first-order valence-electron chi connectivity index (χ1n) is 6.84. The Balaban J connectivity index is 3.86. The Hall–Kier alpha value is -1.40. The van der Waals surface area contributed by atoms with Crippen LogP contribution in [0.2, 0.25) is 0 Å². The van der Waals surface area contributed by atoms with Crippen molar-refractivity contribution in [3.63, 3.8) is 0 Å². The number of nitrogens with zero attached hydrogens (tertiary/aromatic N) is 2. The van der Waals surface area contributed by atoms with Crippen molar-refractivity contribution in [2.75, 3.05) is 68.5 Å². The zero-order valence-corrected chi connectivity index (χ0v) is 13.7. The third kappa shape index (κ3) is 13.0. The van der Waals surface area contributed by atoms with E-state index in [-0.39, 0.29) is 11.8 Å². The summed E-state index contributed by atoms with van der Waals surface area (Å²) >= 11 is 0. The van der Waals surface area contributed by atoms with Gasteiger partial charge in [-0.05, 0) is 0 Å². The lowest BCUT2D eigenvalue weighted by molar-refractivity contribution is -0.869. The van der Waals surface area contributed by atoms with Gasteiger partial charge in [-0.15, -0.1) is 0 Å². The van der Waals surface area contributed by atoms with Gasteiger partial charge in [-0.2, -0.15) is 0 Å². The molecule has 0 radical (unpaired) electrons. The first kappa shape index (κ1) is 18.6. The Morgan fingerprint density at radius 1 is 0.750 bits per heavy atom. The van der Waals surface area contributed by atoms with Crippen LogP contribution < -0.4 is 10.6 Å². The second-order valence-electron chi connectivity index (χ2n) is 6.94. The summed E-state index contributed by atoms with van der Waals surface area (Å²) < 4.78 is 1.57. The number of quaternary nitrogens is 2. The molecule has 6 nitrogen and oxygen atoms in total. The third-order valence-electron chi connectivity index (χ3n) is 2.55. The maximum Gasteiger partial charge on any atom is 0.244 e. The van der Waals surface area contributed by atoms with Gasteiger partial charge in [-0.25, -0.2) is 0 Å². The molecule has 0 aromatic rings. The van der Waals surface area contributed by atoms with Crippen LogP contribution in [0.15, 0.2) is 12.2 Å². The first-order valence-corrected chi connectivity index (χ1v) is 6.84. The zero-order chi connectivity index (χ0) is 15.8. The molecule has 2 N–H and O–H groups in total. The molecule has 0 unspecified atom stereocenters. The van der Waals surface area contributed by atoms with Crippen molar-refractivity contribution in [1.29, 1.82) is 0 Å². The normalized spacial score (nSPS) is 12.5. The number of nitrogens with one attached hydrogen (secondary N) is 2. The number of hydrogen-bond donors (Lipinski definition) is 2. The van der Waals surface area contributed by atoms with Gasteiger partial charge in [0.1, 0.15) is 0 Å². The minimum absolute atomic E-state index is 0.236.